The van der Waals surface area contributed by atoms with Crippen LogP contribution in [0.5, 0.6) is 0 Å². The second-order valence-corrected chi connectivity index (χ2v) is 9.25. The molecular weight excluding hydrogens is 458 g/mol. The van der Waals surface area contributed by atoms with E-state index in [4.69, 9.17) is 20.3 Å². The Morgan fingerprint density at radius 2 is 1.94 bits per heavy atom. The fraction of sp³-hybridized carbons (Fsp3) is 0.737. The van der Waals surface area contributed by atoms with E-state index in [9.17, 15) is 9.67 Å². The van der Waals surface area contributed by atoms with Crippen LogP contribution in [-0.4, -0.2) is 65.9 Å². The lowest BCUT2D eigenvalue weighted by molar-refractivity contribution is -0.0454. The maximum absolute atomic E-state index is 15.1. The van der Waals surface area contributed by atoms with Gasteiger partial charge in [0.2, 0.25) is 5.95 Å². The molecule has 0 saturated carbocycles. The maximum atomic E-state index is 15.1. The zero-order chi connectivity index (χ0) is 24.0. The summed E-state index contributed by atoms with van der Waals surface area (Å²) in [5.41, 5.74) is 6.41. The van der Waals surface area contributed by atoms with Crippen LogP contribution in [0.15, 0.2) is 6.33 Å². The Labute approximate surface area is 191 Å². The lowest BCUT2D eigenvalue weighted by Crippen LogP contribution is -2.33. The van der Waals surface area contributed by atoms with Gasteiger partial charge in [0.25, 0.3) is 0 Å². The third kappa shape index (κ3) is 6.58. The normalized spacial score (nSPS) is 23.4. The molecule has 0 radical (unpaired) electrons. The Morgan fingerprint density at radius 3 is 2.61 bits per heavy atom. The van der Waals surface area contributed by atoms with Gasteiger partial charge in [-0.25, -0.2) is 13.9 Å². The molecule has 3 rings (SSSR count). The van der Waals surface area contributed by atoms with Crippen LogP contribution < -0.4 is 11.1 Å². The number of halogens is 1. The number of nitrogens with zero attached hydrogens (tertiary/aromatic N) is 4. The molecule has 0 spiro atoms. The van der Waals surface area contributed by atoms with E-state index in [2.05, 4.69) is 31.7 Å². The predicted molar refractivity (Wildman–Crippen MR) is 119 cm³/mol. The highest BCUT2D eigenvalue weighted by Gasteiger charge is 2.49. The van der Waals surface area contributed by atoms with E-state index in [0.29, 0.717) is 6.54 Å². The van der Waals surface area contributed by atoms with Crippen molar-refractivity contribution >= 4 is 30.8 Å². The Balaban J connectivity index is 1.69. The van der Waals surface area contributed by atoms with E-state index in [0.717, 1.165) is 19.3 Å². The van der Waals surface area contributed by atoms with Crippen LogP contribution in [0.1, 0.15) is 58.1 Å². The van der Waals surface area contributed by atoms with Gasteiger partial charge in [-0.15, -0.1) is 0 Å². The van der Waals surface area contributed by atoms with Crippen LogP contribution in [0.3, 0.4) is 0 Å². The molecule has 2 aromatic heterocycles. The number of phosphoric acid groups is 1. The van der Waals surface area contributed by atoms with Crippen LogP contribution in [-0.2, 0) is 13.8 Å². The third-order valence-electron chi connectivity index (χ3n) is 5.49. The predicted octanol–water partition coefficient (Wildman–Crippen LogP) is 2.28. The number of alkyl halides is 1. The van der Waals surface area contributed by atoms with Crippen LogP contribution in [0.4, 0.5) is 16.2 Å². The van der Waals surface area contributed by atoms with Crippen LogP contribution in [0.25, 0.3) is 11.2 Å². The van der Waals surface area contributed by atoms with Gasteiger partial charge in [-0.05, 0) is 6.42 Å². The summed E-state index contributed by atoms with van der Waals surface area (Å²) >= 11 is 0. The first-order chi connectivity index (χ1) is 15.7. The molecule has 1 aliphatic rings. The fourth-order valence-corrected chi connectivity index (χ4v) is 4.40. The molecule has 12 nitrogen and oxygen atoms in total. The summed E-state index contributed by atoms with van der Waals surface area (Å²) in [7, 11) is -5.01. The van der Waals surface area contributed by atoms with E-state index >= 15 is 4.39 Å². The zero-order valence-corrected chi connectivity index (χ0v) is 19.4. The molecule has 1 aliphatic heterocycles. The molecule has 6 N–H and O–H groups in total. The monoisotopic (exact) mass is 490 g/mol. The Hall–Kier alpha value is -1.89. The number of hydrogen-bond donors (Lipinski definition) is 5. The summed E-state index contributed by atoms with van der Waals surface area (Å²) in [6.45, 7) is 2.13. The number of aromatic nitrogens is 4. The van der Waals surface area contributed by atoms with Gasteiger partial charge >= 0.3 is 7.82 Å². The van der Waals surface area contributed by atoms with E-state index in [1.54, 1.807) is 0 Å². The van der Waals surface area contributed by atoms with Crippen molar-refractivity contribution in [3.8, 4) is 0 Å². The summed E-state index contributed by atoms with van der Waals surface area (Å²) in [6.07, 6.45) is 3.02. The molecule has 14 heteroatoms. The van der Waals surface area contributed by atoms with Crippen molar-refractivity contribution in [3.63, 3.8) is 0 Å². The fourth-order valence-electron chi connectivity index (χ4n) is 3.84. The lowest BCUT2D eigenvalue weighted by Gasteiger charge is -2.18. The molecule has 0 aliphatic carbocycles. The number of nitrogen functional groups attached to an aromatic ring is 1. The smallest absolute Gasteiger partial charge is 0.394 e. The Morgan fingerprint density at radius 1 is 1.24 bits per heavy atom. The molecule has 33 heavy (non-hydrogen) atoms. The molecule has 0 unspecified atom stereocenters. The van der Waals surface area contributed by atoms with Crippen molar-refractivity contribution in [1.82, 2.24) is 19.5 Å². The van der Waals surface area contributed by atoms with Gasteiger partial charge in [0.1, 0.15) is 17.7 Å². The number of nitrogens with two attached hydrogens (primary N) is 1. The molecule has 1 fully saturated rings. The molecule has 3 heterocycles. The van der Waals surface area contributed by atoms with Gasteiger partial charge in [-0.2, -0.15) is 9.97 Å². The average Bonchev–Trinajstić information content (AvgIpc) is 3.30. The summed E-state index contributed by atoms with van der Waals surface area (Å²) in [5, 5.41) is 12.6. The lowest BCUT2D eigenvalue weighted by atomic mass is 10.1. The molecule has 0 aromatic carbocycles. The molecule has 186 valence electrons. The molecule has 0 bridgehead atoms. The van der Waals surface area contributed by atoms with Crippen molar-refractivity contribution in [2.24, 2.45) is 0 Å². The molecule has 1 saturated heterocycles. The summed E-state index contributed by atoms with van der Waals surface area (Å²) in [5.74, 6) is 0.346. The maximum Gasteiger partial charge on any atom is 0.470 e. The highest BCUT2D eigenvalue weighted by Crippen LogP contribution is 2.45. The number of unbranched alkanes of at least 4 members (excludes halogenated alkanes) is 6. The zero-order valence-electron chi connectivity index (χ0n) is 18.5. The van der Waals surface area contributed by atoms with Gasteiger partial charge in [0, 0.05) is 6.54 Å². The highest BCUT2D eigenvalue weighted by atomic mass is 31.2. The molecule has 0 amide bonds. The number of rotatable bonds is 13. The second kappa shape index (κ2) is 11.5. The van der Waals surface area contributed by atoms with Crippen LogP contribution in [0.2, 0.25) is 0 Å². The van der Waals surface area contributed by atoms with E-state index in [1.165, 1.54) is 36.6 Å². The first kappa shape index (κ1) is 25.7. The molecule has 4 atom stereocenters. The van der Waals surface area contributed by atoms with Crippen LogP contribution >= 0.6 is 7.82 Å². The number of aliphatic hydroxyl groups is 1. The van der Waals surface area contributed by atoms with Gasteiger partial charge in [-0.3, -0.25) is 9.09 Å². The Kier molecular flexibility index (Phi) is 8.96. The second-order valence-electron chi connectivity index (χ2n) is 8.06. The highest BCUT2D eigenvalue weighted by molar-refractivity contribution is 7.46. The number of ether oxygens (including phenoxy) is 1. The van der Waals surface area contributed by atoms with Crippen molar-refractivity contribution < 1.29 is 33.1 Å². The summed E-state index contributed by atoms with van der Waals surface area (Å²) in [6, 6.07) is 0. The van der Waals surface area contributed by atoms with E-state index in [-0.39, 0.29) is 22.9 Å². The van der Waals surface area contributed by atoms with E-state index < -0.39 is 39.0 Å². The van der Waals surface area contributed by atoms with Crippen molar-refractivity contribution in [2.75, 3.05) is 24.2 Å². The first-order valence-electron chi connectivity index (χ1n) is 11.1. The topological polar surface area (TPSA) is 178 Å². The number of anilines is 2. The van der Waals surface area contributed by atoms with Crippen molar-refractivity contribution in [2.45, 2.75) is 76.5 Å². The van der Waals surface area contributed by atoms with Crippen molar-refractivity contribution in [1.29, 1.82) is 0 Å². The number of hydrogen-bond acceptors (Lipinski definition) is 9. The quantitative estimate of drug-likeness (QED) is 0.205. The van der Waals surface area contributed by atoms with E-state index in [1.807, 2.05) is 0 Å². The number of phosphoric ester groups is 1. The minimum atomic E-state index is -5.01. The van der Waals surface area contributed by atoms with Crippen LogP contribution in [0, 0.1) is 0 Å². The first-order valence-corrected chi connectivity index (χ1v) is 12.7. The van der Waals surface area contributed by atoms with Gasteiger partial charge in [0.15, 0.2) is 23.9 Å². The SMILES string of the molecule is CCCCCCCCCNc1nc(N)c2ncn([C@@H]3O[C@H](CO)[C@@H](OP(=O)(O)O)[C@H]3F)c2n1. The number of fused-ring (bicyclic) bond motifs is 1. The minimum absolute atomic E-state index is 0.0935. The largest absolute Gasteiger partial charge is 0.470 e. The standard InChI is InChI=1S/C19H32FN6O6P/c1-2-3-4-5-6-7-8-9-22-19-24-16(21)14-17(25-19)26(11-23-14)18-13(20)15(12(10-27)31-18)32-33(28,29)30/h11-13,15,18,27H,2-10H2,1H3,(H2,28,29,30)(H3,21,22,24,25)/t12-,13-,15-,18-/m1/s1. The number of imidazole rings is 1. The molecular formula is C19H32FN6O6P. The number of nitrogens with one attached hydrogen (secondary N) is 1. The number of aliphatic hydroxyl groups excluding tert-OH is 1. The summed E-state index contributed by atoms with van der Waals surface area (Å²) in [4.78, 5) is 30.8. The Bertz CT molecular complexity index is 958. The third-order valence-corrected chi connectivity index (χ3v) is 6.01. The van der Waals surface area contributed by atoms with Gasteiger partial charge < -0.3 is 30.7 Å². The van der Waals surface area contributed by atoms with Gasteiger partial charge in [-0.1, -0.05) is 45.4 Å². The summed E-state index contributed by atoms with van der Waals surface area (Å²) < 4.78 is 37.5. The van der Waals surface area contributed by atoms with Gasteiger partial charge in [0.05, 0.1) is 12.9 Å². The van der Waals surface area contributed by atoms with Crippen molar-refractivity contribution in [3.05, 3.63) is 6.33 Å². The minimum Gasteiger partial charge on any atom is -0.394 e. The molecule has 2 aromatic rings. The average molecular weight is 490 g/mol.